The lowest BCUT2D eigenvalue weighted by atomic mass is 9.88. The number of hydrogen-bond donors (Lipinski definition) is 1. The maximum absolute atomic E-state index is 12.9. The number of nitrogens with zero attached hydrogens (tertiary/aromatic N) is 3. The molecule has 0 radical (unpaired) electrons. The largest absolute Gasteiger partial charge is 0.445 e. The molecule has 1 saturated carbocycles. The highest BCUT2D eigenvalue weighted by Gasteiger charge is 2.36. The standard InChI is InChI=1S/C28H36N4O4/c1-2-14-31(28(33)36-20-21-8-10-26(11-9-21)32(34)35)25-12-15-30(16-13-25)19-23-17-24(29)18-27(23)22-6-4-3-5-7-22/h2-11,23-25,27H,1,12-20,29H2/t23-,24-,27-/m1/s1. The van der Waals surface area contributed by atoms with Crippen LogP contribution in [0.25, 0.3) is 0 Å². The molecule has 2 N–H and O–H groups in total. The van der Waals surface area contributed by atoms with Crippen LogP contribution in [-0.4, -0.2) is 59.1 Å². The Morgan fingerprint density at radius 2 is 1.83 bits per heavy atom. The molecular formula is C28H36N4O4. The fourth-order valence-corrected chi connectivity index (χ4v) is 5.68. The zero-order chi connectivity index (χ0) is 25.5. The van der Waals surface area contributed by atoms with Gasteiger partial charge in [-0.15, -0.1) is 6.58 Å². The molecule has 2 fully saturated rings. The number of amides is 1. The van der Waals surface area contributed by atoms with Crippen LogP contribution in [0.5, 0.6) is 0 Å². The first-order valence-electron chi connectivity index (χ1n) is 12.7. The summed E-state index contributed by atoms with van der Waals surface area (Å²) in [4.78, 5) is 27.5. The van der Waals surface area contributed by atoms with Crippen LogP contribution >= 0.6 is 0 Å². The molecular weight excluding hydrogens is 456 g/mol. The minimum atomic E-state index is -0.448. The van der Waals surface area contributed by atoms with Gasteiger partial charge in [-0.2, -0.15) is 0 Å². The molecule has 36 heavy (non-hydrogen) atoms. The van der Waals surface area contributed by atoms with Crippen LogP contribution in [0.4, 0.5) is 10.5 Å². The van der Waals surface area contributed by atoms with Gasteiger partial charge in [-0.05, 0) is 60.8 Å². The van der Waals surface area contributed by atoms with Gasteiger partial charge in [-0.3, -0.25) is 10.1 Å². The molecule has 3 atom stereocenters. The van der Waals surface area contributed by atoms with E-state index in [-0.39, 0.29) is 30.5 Å². The first kappa shape index (κ1) is 25.9. The number of nitro benzene ring substituents is 1. The third-order valence-corrected chi connectivity index (χ3v) is 7.52. The smallest absolute Gasteiger partial charge is 0.410 e. The number of piperidine rings is 1. The molecule has 0 unspecified atom stereocenters. The number of non-ortho nitro benzene ring substituents is 1. The highest BCUT2D eigenvalue weighted by molar-refractivity contribution is 5.68. The van der Waals surface area contributed by atoms with Crippen molar-refractivity contribution in [2.75, 3.05) is 26.2 Å². The molecule has 0 aromatic heterocycles. The molecule has 8 nitrogen and oxygen atoms in total. The maximum Gasteiger partial charge on any atom is 0.410 e. The van der Waals surface area contributed by atoms with Gasteiger partial charge in [-0.25, -0.2) is 4.79 Å². The van der Waals surface area contributed by atoms with Crippen LogP contribution in [0.1, 0.15) is 42.7 Å². The summed E-state index contributed by atoms with van der Waals surface area (Å²) in [6, 6.07) is 17.1. The topological polar surface area (TPSA) is 102 Å². The number of carbonyl (C=O) groups excluding carboxylic acids is 1. The molecule has 2 aromatic rings. The molecule has 8 heteroatoms. The van der Waals surface area contributed by atoms with Crippen molar-refractivity contribution >= 4 is 11.8 Å². The number of carbonyl (C=O) groups is 1. The number of hydrogen-bond acceptors (Lipinski definition) is 6. The Morgan fingerprint density at radius 1 is 1.14 bits per heavy atom. The highest BCUT2D eigenvalue weighted by Crippen LogP contribution is 2.39. The molecule has 1 saturated heterocycles. The second-order valence-electron chi connectivity index (χ2n) is 9.96. The number of likely N-dealkylation sites (tertiary alicyclic amines) is 1. The Labute approximate surface area is 212 Å². The van der Waals surface area contributed by atoms with Crippen LogP contribution in [-0.2, 0) is 11.3 Å². The number of ether oxygens (including phenoxy) is 1. The van der Waals surface area contributed by atoms with E-state index in [4.69, 9.17) is 10.5 Å². The third kappa shape index (κ3) is 6.50. The van der Waals surface area contributed by atoms with E-state index in [9.17, 15) is 14.9 Å². The van der Waals surface area contributed by atoms with Crippen molar-refractivity contribution in [3.63, 3.8) is 0 Å². The molecule has 1 aliphatic carbocycles. The lowest BCUT2D eigenvalue weighted by molar-refractivity contribution is -0.384. The predicted octanol–water partition coefficient (Wildman–Crippen LogP) is 4.70. The number of benzene rings is 2. The fraction of sp³-hybridized carbons (Fsp3) is 0.464. The SMILES string of the molecule is C=CCN(C(=O)OCc1ccc([N+](=O)[O-])cc1)C1CCN(C[C@H]2C[C@@H](N)C[C@@H]2c2ccccc2)CC1. The molecule has 1 amide bonds. The van der Waals surface area contributed by atoms with Crippen molar-refractivity contribution in [2.24, 2.45) is 11.7 Å². The van der Waals surface area contributed by atoms with E-state index in [1.54, 1.807) is 23.1 Å². The van der Waals surface area contributed by atoms with Crippen molar-refractivity contribution in [3.05, 3.63) is 88.5 Å². The van der Waals surface area contributed by atoms with E-state index in [0.29, 0.717) is 23.9 Å². The summed E-state index contributed by atoms with van der Waals surface area (Å²) in [5, 5.41) is 10.8. The monoisotopic (exact) mass is 492 g/mol. The van der Waals surface area contributed by atoms with Gasteiger partial charge < -0.3 is 20.3 Å². The molecule has 1 aliphatic heterocycles. The Bertz CT molecular complexity index is 1020. The summed E-state index contributed by atoms with van der Waals surface area (Å²) in [6.07, 6.45) is 5.21. The number of nitrogens with two attached hydrogens (primary N) is 1. The van der Waals surface area contributed by atoms with Crippen LogP contribution in [0.2, 0.25) is 0 Å². The zero-order valence-electron chi connectivity index (χ0n) is 20.7. The molecule has 4 rings (SSSR count). The van der Waals surface area contributed by atoms with Crippen LogP contribution < -0.4 is 5.73 Å². The fourth-order valence-electron chi connectivity index (χ4n) is 5.68. The predicted molar refractivity (Wildman–Crippen MR) is 140 cm³/mol. The van der Waals surface area contributed by atoms with Gasteiger partial charge >= 0.3 is 6.09 Å². The summed E-state index contributed by atoms with van der Waals surface area (Å²) in [7, 11) is 0. The number of nitro groups is 1. The van der Waals surface area contributed by atoms with Gasteiger partial charge in [-0.1, -0.05) is 36.4 Å². The molecule has 1 heterocycles. The van der Waals surface area contributed by atoms with Gasteiger partial charge in [0.15, 0.2) is 0 Å². The first-order chi connectivity index (χ1) is 17.4. The Balaban J connectivity index is 1.29. The third-order valence-electron chi connectivity index (χ3n) is 7.52. The summed E-state index contributed by atoms with van der Waals surface area (Å²) < 4.78 is 5.55. The van der Waals surface area contributed by atoms with Gasteiger partial charge in [0.2, 0.25) is 0 Å². The molecule has 2 aromatic carbocycles. The number of rotatable bonds is 9. The van der Waals surface area contributed by atoms with E-state index in [1.165, 1.54) is 17.7 Å². The van der Waals surface area contributed by atoms with Crippen molar-refractivity contribution in [2.45, 2.75) is 50.3 Å². The van der Waals surface area contributed by atoms with Gasteiger partial charge in [0.25, 0.3) is 5.69 Å². The highest BCUT2D eigenvalue weighted by atomic mass is 16.6. The average Bonchev–Trinajstić information content (AvgIpc) is 3.27. The Hall–Kier alpha value is -3.23. The van der Waals surface area contributed by atoms with E-state index in [1.807, 2.05) is 0 Å². The Kier molecular flexibility index (Phi) is 8.72. The summed E-state index contributed by atoms with van der Waals surface area (Å²) in [5.41, 5.74) is 8.48. The quantitative estimate of drug-likeness (QED) is 0.309. The van der Waals surface area contributed by atoms with E-state index < -0.39 is 4.92 Å². The summed E-state index contributed by atoms with van der Waals surface area (Å²) in [5.74, 6) is 1.06. The summed E-state index contributed by atoms with van der Waals surface area (Å²) >= 11 is 0. The van der Waals surface area contributed by atoms with Crippen molar-refractivity contribution in [1.82, 2.24) is 9.80 Å². The van der Waals surface area contributed by atoms with Crippen LogP contribution in [0, 0.1) is 16.0 Å². The minimum absolute atomic E-state index is 0.0137. The lowest BCUT2D eigenvalue weighted by Gasteiger charge is -2.39. The molecule has 192 valence electrons. The average molecular weight is 493 g/mol. The lowest BCUT2D eigenvalue weighted by Crippen LogP contribution is -2.48. The summed E-state index contributed by atoms with van der Waals surface area (Å²) in [6.45, 7) is 7.21. The second-order valence-corrected chi connectivity index (χ2v) is 9.96. The van der Waals surface area contributed by atoms with Crippen molar-refractivity contribution in [3.8, 4) is 0 Å². The second kappa shape index (κ2) is 12.1. The molecule has 2 aliphatic rings. The minimum Gasteiger partial charge on any atom is -0.445 e. The van der Waals surface area contributed by atoms with E-state index in [0.717, 1.165) is 45.3 Å². The van der Waals surface area contributed by atoms with Crippen molar-refractivity contribution in [1.29, 1.82) is 0 Å². The van der Waals surface area contributed by atoms with Crippen LogP contribution in [0.3, 0.4) is 0 Å². The van der Waals surface area contributed by atoms with Gasteiger partial charge in [0, 0.05) is 50.4 Å². The van der Waals surface area contributed by atoms with Gasteiger partial charge in [0.1, 0.15) is 6.61 Å². The van der Waals surface area contributed by atoms with E-state index >= 15 is 0 Å². The maximum atomic E-state index is 12.9. The van der Waals surface area contributed by atoms with E-state index in [2.05, 4.69) is 41.8 Å². The normalized spacial score (nSPS) is 22.8. The van der Waals surface area contributed by atoms with Crippen LogP contribution in [0.15, 0.2) is 67.3 Å². The Morgan fingerprint density at radius 3 is 2.47 bits per heavy atom. The molecule has 0 bridgehead atoms. The zero-order valence-corrected chi connectivity index (χ0v) is 20.7. The van der Waals surface area contributed by atoms with Crippen molar-refractivity contribution < 1.29 is 14.5 Å². The van der Waals surface area contributed by atoms with Gasteiger partial charge in [0.05, 0.1) is 4.92 Å². The molecule has 0 spiro atoms. The first-order valence-corrected chi connectivity index (χ1v) is 12.7.